The lowest BCUT2D eigenvalue weighted by molar-refractivity contribution is 0.238. The van der Waals surface area contributed by atoms with Crippen molar-refractivity contribution in [3.63, 3.8) is 0 Å². The number of nitrogens with two attached hydrogens (primary N) is 1. The molecule has 3 heteroatoms. The van der Waals surface area contributed by atoms with Crippen molar-refractivity contribution in [1.29, 1.82) is 5.41 Å². The molecule has 0 aromatic rings. The van der Waals surface area contributed by atoms with Gasteiger partial charge in [-0.05, 0) is 25.3 Å². The van der Waals surface area contributed by atoms with E-state index in [4.69, 9.17) is 15.9 Å². The molecule has 0 saturated heterocycles. The van der Waals surface area contributed by atoms with Gasteiger partial charge in [0.15, 0.2) is 0 Å². The lowest BCUT2D eigenvalue weighted by Gasteiger charge is -2.07. The second-order valence-electron chi connectivity index (χ2n) is 2.63. The summed E-state index contributed by atoms with van der Waals surface area (Å²) < 4.78 is 5.39. The minimum Gasteiger partial charge on any atom is -0.493 e. The Balaban J connectivity index is 2.79. The van der Waals surface area contributed by atoms with Crippen LogP contribution in [0.25, 0.3) is 0 Å². The van der Waals surface area contributed by atoms with E-state index in [-0.39, 0.29) is 0 Å². The minimum atomic E-state index is 0.629. The van der Waals surface area contributed by atoms with Crippen LogP contribution in [-0.4, -0.2) is 12.8 Å². The molecule has 0 spiro atoms. The Morgan fingerprint density at radius 1 is 1.67 bits per heavy atom. The van der Waals surface area contributed by atoms with Gasteiger partial charge in [-0.3, -0.25) is 0 Å². The van der Waals surface area contributed by atoms with Crippen molar-refractivity contribution in [2.45, 2.75) is 19.8 Å². The number of rotatable bonds is 4. The first-order chi connectivity index (χ1) is 5.83. The van der Waals surface area contributed by atoms with Gasteiger partial charge in [0.25, 0.3) is 0 Å². The average molecular weight is 166 g/mol. The van der Waals surface area contributed by atoms with Gasteiger partial charge in [0.05, 0.1) is 6.61 Å². The fraction of sp³-hybridized carbons (Fsp3) is 0.444. The maximum absolute atomic E-state index is 7.10. The highest BCUT2D eigenvalue weighted by molar-refractivity contribution is 5.81. The molecule has 0 aromatic carbocycles. The first kappa shape index (κ1) is 8.84. The second kappa shape index (κ2) is 3.95. The first-order valence-electron chi connectivity index (χ1n) is 4.11. The lowest BCUT2D eigenvalue weighted by atomic mass is 10.2. The highest BCUT2D eigenvalue weighted by Crippen LogP contribution is 2.34. The number of allylic oxidation sites excluding steroid dienone is 2. The summed E-state index contributed by atoms with van der Waals surface area (Å²) in [4.78, 5) is 0. The summed E-state index contributed by atoms with van der Waals surface area (Å²) in [6.07, 6.45) is 4.82. The second-order valence-corrected chi connectivity index (χ2v) is 2.63. The molecule has 1 saturated carbocycles. The fourth-order valence-electron chi connectivity index (χ4n) is 1.01. The molecule has 0 amide bonds. The Kier molecular flexibility index (Phi) is 2.91. The van der Waals surface area contributed by atoms with E-state index >= 15 is 0 Å². The molecule has 0 heterocycles. The van der Waals surface area contributed by atoms with Crippen LogP contribution in [0.4, 0.5) is 0 Å². The summed E-state index contributed by atoms with van der Waals surface area (Å²) in [7, 11) is 0. The Bertz CT molecular complexity index is 235. The molecule has 12 heavy (non-hydrogen) atoms. The molecular weight excluding hydrogens is 152 g/mol. The van der Waals surface area contributed by atoms with E-state index in [1.807, 2.05) is 6.92 Å². The molecule has 0 aliphatic heterocycles. The van der Waals surface area contributed by atoms with E-state index in [1.165, 1.54) is 18.0 Å². The van der Waals surface area contributed by atoms with Gasteiger partial charge in [-0.1, -0.05) is 0 Å². The van der Waals surface area contributed by atoms with E-state index in [1.54, 1.807) is 0 Å². The summed E-state index contributed by atoms with van der Waals surface area (Å²) in [5.74, 6) is 0.815. The van der Waals surface area contributed by atoms with Crippen molar-refractivity contribution < 1.29 is 4.74 Å². The molecule has 1 aliphatic rings. The first-order valence-corrected chi connectivity index (χ1v) is 4.11. The van der Waals surface area contributed by atoms with Crippen LogP contribution in [0.3, 0.4) is 0 Å². The molecule has 0 radical (unpaired) electrons. The van der Waals surface area contributed by atoms with Crippen LogP contribution in [-0.2, 0) is 4.74 Å². The number of hydrogen-bond acceptors (Lipinski definition) is 3. The van der Waals surface area contributed by atoms with Crippen molar-refractivity contribution >= 4 is 6.21 Å². The van der Waals surface area contributed by atoms with E-state index in [9.17, 15) is 0 Å². The van der Waals surface area contributed by atoms with Crippen LogP contribution in [0, 0.1) is 5.41 Å². The zero-order chi connectivity index (χ0) is 8.97. The van der Waals surface area contributed by atoms with Crippen molar-refractivity contribution in [3.05, 3.63) is 23.1 Å². The van der Waals surface area contributed by atoms with Gasteiger partial charge in [-0.25, -0.2) is 0 Å². The molecular formula is C9H14N2O. The highest BCUT2D eigenvalue weighted by atomic mass is 16.5. The average Bonchev–Trinajstić information content (AvgIpc) is 2.88. The van der Waals surface area contributed by atoms with E-state index in [2.05, 4.69) is 0 Å². The molecule has 3 nitrogen and oxygen atoms in total. The van der Waals surface area contributed by atoms with E-state index < -0.39 is 0 Å². The normalized spacial score (nSPS) is 15.8. The Hall–Kier alpha value is -1.25. The van der Waals surface area contributed by atoms with Crippen molar-refractivity contribution in [3.8, 4) is 0 Å². The third kappa shape index (κ3) is 1.87. The van der Waals surface area contributed by atoms with Crippen LogP contribution >= 0.6 is 0 Å². The largest absolute Gasteiger partial charge is 0.493 e. The van der Waals surface area contributed by atoms with Gasteiger partial charge in [0.1, 0.15) is 5.76 Å². The molecule has 0 aromatic heterocycles. The highest BCUT2D eigenvalue weighted by Gasteiger charge is 2.20. The topological polar surface area (TPSA) is 59.1 Å². The van der Waals surface area contributed by atoms with Gasteiger partial charge < -0.3 is 15.9 Å². The maximum atomic E-state index is 7.10. The van der Waals surface area contributed by atoms with Crippen LogP contribution in [0.1, 0.15) is 19.8 Å². The predicted octanol–water partition coefficient (Wildman–Crippen LogP) is 1.56. The summed E-state index contributed by atoms with van der Waals surface area (Å²) >= 11 is 0. The molecule has 1 aliphatic carbocycles. The number of nitrogens with one attached hydrogen (secondary N) is 1. The van der Waals surface area contributed by atoms with Crippen LogP contribution in [0.2, 0.25) is 0 Å². The van der Waals surface area contributed by atoms with Gasteiger partial charge in [-0.15, -0.1) is 0 Å². The summed E-state index contributed by atoms with van der Waals surface area (Å²) in [5.41, 5.74) is 7.31. The summed E-state index contributed by atoms with van der Waals surface area (Å²) in [6.45, 7) is 2.56. The zero-order valence-electron chi connectivity index (χ0n) is 7.26. The molecule has 0 unspecified atom stereocenters. The van der Waals surface area contributed by atoms with Crippen LogP contribution in [0.5, 0.6) is 0 Å². The van der Waals surface area contributed by atoms with Gasteiger partial charge in [0.2, 0.25) is 0 Å². The Morgan fingerprint density at radius 3 is 2.67 bits per heavy atom. The standard InChI is InChI=1S/C9H14N2O/c1-2-12-9(7-3-4-7)8(5-10)6-11/h5-6,10H,2-4,11H2,1H3/b8-6+,10-5?. The molecule has 0 bridgehead atoms. The Morgan fingerprint density at radius 2 is 2.33 bits per heavy atom. The van der Waals surface area contributed by atoms with Crippen molar-refractivity contribution in [1.82, 2.24) is 0 Å². The monoisotopic (exact) mass is 166 g/mol. The SMILES string of the molecule is CCOC(=C1CC1)/C(C=N)=C/N. The number of hydrogen-bond donors (Lipinski definition) is 2. The zero-order valence-corrected chi connectivity index (χ0v) is 7.26. The molecule has 1 rings (SSSR count). The molecule has 0 atom stereocenters. The van der Waals surface area contributed by atoms with Crippen LogP contribution in [0.15, 0.2) is 23.1 Å². The summed E-state index contributed by atoms with van der Waals surface area (Å²) in [5, 5.41) is 7.10. The smallest absolute Gasteiger partial charge is 0.128 e. The quantitative estimate of drug-likeness (QED) is 0.492. The van der Waals surface area contributed by atoms with Crippen molar-refractivity contribution in [2.75, 3.05) is 6.61 Å². The molecule has 3 N–H and O–H groups in total. The van der Waals surface area contributed by atoms with E-state index in [0.29, 0.717) is 12.2 Å². The molecule has 1 fully saturated rings. The third-order valence-corrected chi connectivity index (χ3v) is 1.71. The molecule has 66 valence electrons. The van der Waals surface area contributed by atoms with E-state index in [0.717, 1.165) is 18.6 Å². The Labute approximate surface area is 72.4 Å². The maximum Gasteiger partial charge on any atom is 0.128 e. The fourth-order valence-corrected chi connectivity index (χ4v) is 1.01. The predicted molar refractivity (Wildman–Crippen MR) is 48.9 cm³/mol. The van der Waals surface area contributed by atoms with Crippen molar-refractivity contribution in [2.24, 2.45) is 5.73 Å². The van der Waals surface area contributed by atoms with Gasteiger partial charge in [0, 0.05) is 18.0 Å². The van der Waals surface area contributed by atoms with Crippen LogP contribution < -0.4 is 5.73 Å². The van der Waals surface area contributed by atoms with Gasteiger partial charge >= 0.3 is 0 Å². The third-order valence-electron chi connectivity index (χ3n) is 1.71. The lowest BCUT2D eigenvalue weighted by Crippen LogP contribution is -2.00. The minimum absolute atomic E-state index is 0.629. The summed E-state index contributed by atoms with van der Waals surface area (Å²) in [6, 6.07) is 0. The number of ether oxygens (including phenoxy) is 1. The van der Waals surface area contributed by atoms with Gasteiger partial charge in [-0.2, -0.15) is 0 Å².